The number of benzene rings is 1. The van der Waals surface area contributed by atoms with Crippen LogP contribution < -0.4 is 15.6 Å². The number of pyridine rings is 1. The van der Waals surface area contributed by atoms with Crippen LogP contribution in [0.3, 0.4) is 0 Å². The Balaban J connectivity index is 1.61. The predicted molar refractivity (Wildman–Crippen MR) is 121 cm³/mol. The summed E-state index contributed by atoms with van der Waals surface area (Å²) >= 11 is 0. The number of nitrogens with zero attached hydrogens (tertiary/aromatic N) is 2. The van der Waals surface area contributed by atoms with Crippen molar-refractivity contribution in [2.75, 3.05) is 6.54 Å². The van der Waals surface area contributed by atoms with Crippen LogP contribution in [-0.2, 0) is 26.0 Å². The first-order chi connectivity index (χ1) is 15.5. The SMILES string of the molecule is Cc1noc(C)c1COc1cc(=O)n2c(c1C(=O)NCCc1ccccc1)CCCCC2. The van der Waals surface area contributed by atoms with Crippen molar-refractivity contribution in [3.05, 3.63) is 80.6 Å². The molecule has 0 radical (unpaired) electrons. The second-order valence-corrected chi connectivity index (χ2v) is 8.21. The third-order valence-corrected chi connectivity index (χ3v) is 6.00. The predicted octanol–water partition coefficient (Wildman–Crippen LogP) is 3.73. The van der Waals surface area contributed by atoms with E-state index in [1.54, 1.807) is 4.57 Å². The number of ether oxygens (including phenoxy) is 1. The summed E-state index contributed by atoms with van der Waals surface area (Å²) < 4.78 is 13.0. The van der Waals surface area contributed by atoms with Crippen molar-refractivity contribution in [1.29, 1.82) is 0 Å². The summed E-state index contributed by atoms with van der Waals surface area (Å²) in [6, 6.07) is 11.5. The standard InChI is InChI=1S/C25H29N3O4/c1-17-20(18(2)32-27-17)16-31-22-15-23(29)28-14-8-4-7-11-21(28)24(22)25(30)26-13-12-19-9-5-3-6-10-19/h3,5-6,9-10,15H,4,7-8,11-14,16H2,1-2H3,(H,26,30). The third-order valence-electron chi connectivity index (χ3n) is 6.00. The third kappa shape index (κ3) is 4.77. The van der Waals surface area contributed by atoms with E-state index < -0.39 is 0 Å². The van der Waals surface area contributed by atoms with E-state index in [4.69, 9.17) is 9.26 Å². The maximum Gasteiger partial charge on any atom is 0.256 e. The average molecular weight is 436 g/mol. The summed E-state index contributed by atoms with van der Waals surface area (Å²) in [5.41, 5.74) is 3.83. The van der Waals surface area contributed by atoms with E-state index in [1.165, 1.54) is 6.07 Å². The Hall–Kier alpha value is -3.35. The van der Waals surface area contributed by atoms with Crippen molar-refractivity contribution in [3.8, 4) is 5.75 Å². The number of amides is 1. The van der Waals surface area contributed by atoms with Crippen LogP contribution in [-0.4, -0.2) is 22.2 Å². The number of nitrogens with one attached hydrogen (secondary N) is 1. The van der Waals surface area contributed by atoms with Gasteiger partial charge in [-0.15, -0.1) is 0 Å². The van der Waals surface area contributed by atoms with E-state index in [9.17, 15) is 9.59 Å². The minimum absolute atomic E-state index is 0.128. The van der Waals surface area contributed by atoms with E-state index in [2.05, 4.69) is 10.5 Å². The molecule has 1 aromatic carbocycles. The van der Waals surface area contributed by atoms with Gasteiger partial charge in [0, 0.05) is 24.8 Å². The van der Waals surface area contributed by atoms with Crippen molar-refractivity contribution in [2.45, 2.75) is 59.1 Å². The van der Waals surface area contributed by atoms with Gasteiger partial charge in [0.2, 0.25) is 0 Å². The molecule has 0 aliphatic carbocycles. The van der Waals surface area contributed by atoms with Crippen molar-refractivity contribution < 1.29 is 14.1 Å². The summed E-state index contributed by atoms with van der Waals surface area (Å²) in [5.74, 6) is 0.781. The molecule has 0 fully saturated rings. The number of rotatable bonds is 7. The topological polar surface area (TPSA) is 86.4 Å². The number of hydrogen-bond donors (Lipinski definition) is 1. The highest BCUT2D eigenvalue weighted by Gasteiger charge is 2.24. The van der Waals surface area contributed by atoms with Gasteiger partial charge in [-0.25, -0.2) is 0 Å². The fraction of sp³-hybridized carbons (Fsp3) is 0.400. The molecule has 0 saturated heterocycles. The first-order valence-electron chi connectivity index (χ1n) is 11.2. The Bertz CT molecular complexity index is 1130. The van der Waals surface area contributed by atoms with Gasteiger partial charge in [0.1, 0.15) is 23.7 Å². The van der Waals surface area contributed by atoms with Crippen LogP contribution in [0.5, 0.6) is 5.75 Å². The molecule has 3 heterocycles. The van der Waals surface area contributed by atoms with Crippen LogP contribution in [0.1, 0.15) is 57.9 Å². The number of carbonyl (C=O) groups is 1. The molecule has 1 aliphatic rings. The number of aryl methyl sites for hydroxylation is 2. The molecule has 1 aliphatic heterocycles. The number of aromatic nitrogens is 2. The Morgan fingerprint density at radius 1 is 1.19 bits per heavy atom. The van der Waals surface area contributed by atoms with Crippen molar-refractivity contribution in [2.24, 2.45) is 0 Å². The molecule has 3 aromatic rings. The maximum atomic E-state index is 13.3. The highest BCUT2D eigenvalue weighted by atomic mass is 16.5. The smallest absolute Gasteiger partial charge is 0.256 e. The van der Waals surface area contributed by atoms with Crippen molar-refractivity contribution in [3.63, 3.8) is 0 Å². The van der Waals surface area contributed by atoms with Gasteiger partial charge in [-0.3, -0.25) is 9.59 Å². The lowest BCUT2D eigenvalue weighted by Gasteiger charge is -2.18. The fourth-order valence-electron chi connectivity index (χ4n) is 4.18. The fourth-order valence-corrected chi connectivity index (χ4v) is 4.18. The summed E-state index contributed by atoms with van der Waals surface area (Å²) in [4.78, 5) is 26.1. The lowest BCUT2D eigenvalue weighted by atomic mass is 10.1. The van der Waals surface area contributed by atoms with Gasteiger partial charge in [-0.05, 0) is 45.1 Å². The van der Waals surface area contributed by atoms with E-state index in [0.29, 0.717) is 36.6 Å². The summed E-state index contributed by atoms with van der Waals surface area (Å²) in [7, 11) is 0. The molecule has 0 saturated carbocycles. The largest absolute Gasteiger partial charge is 0.488 e. The molecule has 0 atom stereocenters. The zero-order valence-electron chi connectivity index (χ0n) is 18.6. The minimum Gasteiger partial charge on any atom is -0.488 e. The van der Waals surface area contributed by atoms with Crippen LogP contribution in [0.15, 0.2) is 45.7 Å². The first-order valence-corrected chi connectivity index (χ1v) is 11.2. The molecule has 7 nitrogen and oxygen atoms in total. The molecule has 2 aromatic heterocycles. The molecular weight excluding hydrogens is 406 g/mol. The molecule has 1 amide bonds. The lowest BCUT2D eigenvalue weighted by Crippen LogP contribution is -2.32. The summed E-state index contributed by atoms with van der Waals surface area (Å²) in [5, 5.41) is 6.98. The van der Waals surface area contributed by atoms with Gasteiger partial charge in [-0.2, -0.15) is 0 Å². The van der Waals surface area contributed by atoms with Crippen LogP contribution in [0, 0.1) is 13.8 Å². The van der Waals surface area contributed by atoms with E-state index >= 15 is 0 Å². The highest BCUT2D eigenvalue weighted by molar-refractivity contribution is 5.98. The van der Waals surface area contributed by atoms with E-state index in [1.807, 2.05) is 44.2 Å². The minimum atomic E-state index is -0.208. The quantitative estimate of drug-likeness (QED) is 0.611. The van der Waals surface area contributed by atoms with Gasteiger partial charge in [0.15, 0.2) is 0 Å². The zero-order valence-corrected chi connectivity index (χ0v) is 18.6. The van der Waals surface area contributed by atoms with Crippen LogP contribution in [0.25, 0.3) is 0 Å². The van der Waals surface area contributed by atoms with E-state index in [0.717, 1.165) is 48.2 Å². The van der Waals surface area contributed by atoms with Gasteiger partial charge in [0.25, 0.3) is 11.5 Å². The van der Waals surface area contributed by atoms with Gasteiger partial charge >= 0.3 is 0 Å². The Morgan fingerprint density at radius 2 is 2.00 bits per heavy atom. The van der Waals surface area contributed by atoms with Gasteiger partial charge < -0.3 is 19.1 Å². The molecule has 1 N–H and O–H groups in total. The molecule has 4 rings (SSSR count). The van der Waals surface area contributed by atoms with Gasteiger partial charge in [-0.1, -0.05) is 41.9 Å². The normalized spacial score (nSPS) is 13.3. The molecule has 0 unspecified atom stereocenters. The second kappa shape index (κ2) is 9.85. The van der Waals surface area contributed by atoms with Crippen molar-refractivity contribution >= 4 is 5.91 Å². The van der Waals surface area contributed by atoms with E-state index in [-0.39, 0.29) is 18.1 Å². The zero-order chi connectivity index (χ0) is 22.5. The number of fused-ring (bicyclic) bond motifs is 1. The Morgan fingerprint density at radius 3 is 2.75 bits per heavy atom. The monoisotopic (exact) mass is 435 g/mol. The molecule has 7 heteroatoms. The second-order valence-electron chi connectivity index (χ2n) is 8.21. The lowest BCUT2D eigenvalue weighted by molar-refractivity contribution is 0.0947. The highest BCUT2D eigenvalue weighted by Crippen LogP contribution is 2.26. The van der Waals surface area contributed by atoms with Crippen LogP contribution >= 0.6 is 0 Å². The first kappa shape index (κ1) is 21.9. The number of carbonyl (C=O) groups excluding carboxylic acids is 1. The van der Waals surface area contributed by atoms with Crippen LogP contribution in [0.4, 0.5) is 0 Å². The summed E-state index contributed by atoms with van der Waals surface area (Å²) in [6.07, 6.45) is 4.32. The maximum absolute atomic E-state index is 13.3. The number of hydrogen-bond acceptors (Lipinski definition) is 5. The average Bonchev–Trinajstić information content (AvgIpc) is 2.97. The molecular formula is C25H29N3O4. The summed E-state index contributed by atoms with van der Waals surface area (Å²) in [6.45, 7) is 4.99. The van der Waals surface area contributed by atoms with Gasteiger partial charge in [0.05, 0.1) is 11.3 Å². The Kier molecular flexibility index (Phi) is 6.73. The van der Waals surface area contributed by atoms with Crippen LogP contribution in [0.2, 0.25) is 0 Å². The Labute approximate surface area is 187 Å². The molecule has 0 bridgehead atoms. The molecule has 0 spiro atoms. The molecule has 168 valence electrons. The molecule has 32 heavy (non-hydrogen) atoms. The van der Waals surface area contributed by atoms with Crippen molar-refractivity contribution in [1.82, 2.24) is 15.0 Å².